The quantitative estimate of drug-likeness (QED) is 0.742. The Morgan fingerprint density at radius 3 is 1.71 bits per heavy atom. The summed E-state index contributed by atoms with van der Waals surface area (Å²) in [4.78, 5) is 0. The van der Waals surface area contributed by atoms with Crippen molar-refractivity contribution in [3.8, 4) is 0 Å². The second kappa shape index (κ2) is 5.51. The topological polar surface area (TPSA) is 20.2 Å². The highest BCUT2D eigenvalue weighted by atomic mass is 19.4. The van der Waals surface area contributed by atoms with Gasteiger partial charge in [0.2, 0.25) is 0 Å². The predicted molar refractivity (Wildman–Crippen MR) is 63.7 cm³/mol. The van der Waals surface area contributed by atoms with Crippen LogP contribution in [-0.2, 0) is 12.4 Å². The van der Waals surface area contributed by atoms with E-state index in [4.69, 9.17) is 0 Å². The van der Waals surface area contributed by atoms with Gasteiger partial charge in [0.15, 0.2) is 0 Å². The average Bonchev–Trinajstić information content (AvgIpc) is 2.36. The van der Waals surface area contributed by atoms with Crippen LogP contribution in [-0.4, -0.2) is 11.2 Å². The molecule has 0 heterocycles. The number of aliphatic hydroxyl groups excluding tert-OH is 1. The fraction of sp³-hybridized carbons (Fsp3) is 0.571. The van der Waals surface area contributed by atoms with Gasteiger partial charge in [-0.05, 0) is 36.6 Å². The van der Waals surface area contributed by atoms with Gasteiger partial charge in [0, 0.05) is 5.92 Å². The molecule has 1 fully saturated rings. The summed E-state index contributed by atoms with van der Waals surface area (Å²) in [7, 11) is 0. The molecule has 1 aliphatic rings. The van der Waals surface area contributed by atoms with E-state index in [9.17, 15) is 31.4 Å². The Bertz CT molecular complexity index is 473. The number of halogens is 6. The SMILES string of the molecule is O[C@H]1CCCC[C@@H]1c1cc(C(F)(F)F)cc(C(F)(F)F)c1. The third-order valence-corrected chi connectivity index (χ3v) is 3.77. The van der Waals surface area contributed by atoms with Gasteiger partial charge in [-0.2, -0.15) is 26.3 Å². The van der Waals surface area contributed by atoms with E-state index in [2.05, 4.69) is 0 Å². The lowest BCUT2D eigenvalue weighted by Crippen LogP contribution is -2.23. The van der Waals surface area contributed by atoms with E-state index in [-0.39, 0.29) is 11.6 Å². The molecule has 0 amide bonds. The van der Waals surface area contributed by atoms with Crippen LogP contribution in [0.5, 0.6) is 0 Å². The number of hydrogen-bond donors (Lipinski definition) is 1. The fourth-order valence-electron chi connectivity index (χ4n) is 2.69. The summed E-state index contributed by atoms with van der Waals surface area (Å²) in [5.74, 6) is -0.679. The Morgan fingerprint density at radius 2 is 1.29 bits per heavy atom. The molecule has 7 heteroatoms. The molecule has 1 N–H and O–H groups in total. The molecule has 0 unspecified atom stereocenters. The van der Waals surface area contributed by atoms with Crippen LogP contribution in [0.1, 0.15) is 48.3 Å². The first-order chi connectivity index (χ1) is 9.59. The first-order valence-corrected chi connectivity index (χ1v) is 6.56. The monoisotopic (exact) mass is 312 g/mol. The molecule has 1 aromatic rings. The summed E-state index contributed by atoms with van der Waals surface area (Å²) < 4.78 is 76.6. The van der Waals surface area contributed by atoms with Crippen molar-refractivity contribution in [1.82, 2.24) is 0 Å². The predicted octanol–water partition coefficient (Wildman–Crippen LogP) is 4.74. The zero-order chi connectivity index (χ0) is 15.8. The average molecular weight is 312 g/mol. The van der Waals surface area contributed by atoms with E-state index in [0.29, 0.717) is 31.4 Å². The highest BCUT2D eigenvalue weighted by Crippen LogP contribution is 2.40. The number of alkyl halides is 6. The van der Waals surface area contributed by atoms with E-state index in [1.165, 1.54) is 0 Å². The number of aliphatic hydroxyl groups is 1. The standard InChI is InChI=1S/C14H14F6O/c15-13(16,17)9-5-8(6-10(7-9)14(18,19)20)11-3-1-2-4-12(11)21/h5-7,11-12,21H,1-4H2/t11-,12+/m1/s1. The first-order valence-electron chi connectivity index (χ1n) is 6.56. The van der Waals surface area contributed by atoms with Gasteiger partial charge in [-0.1, -0.05) is 12.8 Å². The van der Waals surface area contributed by atoms with Gasteiger partial charge < -0.3 is 5.11 Å². The molecule has 0 radical (unpaired) electrons. The molecule has 1 nitrogen and oxygen atoms in total. The fourth-order valence-corrected chi connectivity index (χ4v) is 2.69. The molecule has 1 aliphatic carbocycles. The second-order valence-corrected chi connectivity index (χ2v) is 5.30. The Balaban J connectivity index is 2.49. The van der Waals surface area contributed by atoms with Crippen LogP contribution in [0.4, 0.5) is 26.3 Å². The smallest absolute Gasteiger partial charge is 0.392 e. The first kappa shape index (κ1) is 16.1. The van der Waals surface area contributed by atoms with Gasteiger partial charge in [0.05, 0.1) is 17.2 Å². The van der Waals surface area contributed by atoms with Crippen molar-refractivity contribution in [3.63, 3.8) is 0 Å². The highest BCUT2D eigenvalue weighted by molar-refractivity contribution is 5.36. The molecule has 0 aromatic heterocycles. The highest BCUT2D eigenvalue weighted by Gasteiger charge is 2.38. The Labute approximate surface area is 117 Å². The van der Waals surface area contributed by atoms with Crippen molar-refractivity contribution in [2.24, 2.45) is 0 Å². The van der Waals surface area contributed by atoms with Gasteiger partial charge >= 0.3 is 12.4 Å². The van der Waals surface area contributed by atoms with Crippen LogP contribution in [0.2, 0.25) is 0 Å². The van der Waals surface area contributed by atoms with Gasteiger partial charge in [-0.3, -0.25) is 0 Å². The molecule has 0 spiro atoms. The summed E-state index contributed by atoms with van der Waals surface area (Å²) in [5, 5.41) is 9.85. The molecular formula is C14H14F6O. The zero-order valence-electron chi connectivity index (χ0n) is 10.9. The molecule has 118 valence electrons. The third kappa shape index (κ3) is 3.70. The normalized spacial score (nSPS) is 24.1. The minimum Gasteiger partial charge on any atom is -0.392 e. The van der Waals surface area contributed by atoms with Gasteiger partial charge in [0.25, 0.3) is 0 Å². The lowest BCUT2D eigenvalue weighted by atomic mass is 9.80. The molecule has 0 aliphatic heterocycles. The molecule has 21 heavy (non-hydrogen) atoms. The van der Waals surface area contributed by atoms with Crippen LogP contribution in [0.15, 0.2) is 18.2 Å². The van der Waals surface area contributed by atoms with Gasteiger partial charge in [-0.15, -0.1) is 0 Å². The van der Waals surface area contributed by atoms with Crippen LogP contribution >= 0.6 is 0 Å². The molecule has 1 saturated carbocycles. The lowest BCUT2D eigenvalue weighted by Gasteiger charge is -2.29. The summed E-state index contributed by atoms with van der Waals surface area (Å²) in [6.07, 6.45) is -8.42. The van der Waals surface area contributed by atoms with Crippen molar-refractivity contribution < 1.29 is 31.4 Å². The summed E-state index contributed by atoms with van der Waals surface area (Å²) >= 11 is 0. The van der Waals surface area contributed by atoms with Crippen molar-refractivity contribution in [2.75, 3.05) is 0 Å². The van der Waals surface area contributed by atoms with Crippen LogP contribution in [0, 0.1) is 0 Å². The summed E-state index contributed by atoms with van der Waals surface area (Å²) in [5.41, 5.74) is -2.75. The molecule has 0 bridgehead atoms. The molecule has 1 aromatic carbocycles. The maximum Gasteiger partial charge on any atom is 0.416 e. The van der Waals surface area contributed by atoms with Crippen LogP contribution in [0.3, 0.4) is 0 Å². The third-order valence-electron chi connectivity index (χ3n) is 3.77. The molecular weight excluding hydrogens is 298 g/mol. The van der Waals surface area contributed by atoms with Crippen molar-refractivity contribution in [2.45, 2.75) is 50.1 Å². The van der Waals surface area contributed by atoms with Crippen LogP contribution in [0.25, 0.3) is 0 Å². The minimum absolute atomic E-state index is 0.0932. The van der Waals surface area contributed by atoms with Crippen molar-refractivity contribution in [3.05, 3.63) is 34.9 Å². The van der Waals surface area contributed by atoms with E-state index in [1.54, 1.807) is 0 Å². The zero-order valence-corrected chi connectivity index (χ0v) is 10.9. The molecule has 0 saturated heterocycles. The molecule has 2 rings (SSSR count). The van der Waals surface area contributed by atoms with Gasteiger partial charge in [0.1, 0.15) is 0 Å². The van der Waals surface area contributed by atoms with Crippen molar-refractivity contribution >= 4 is 0 Å². The van der Waals surface area contributed by atoms with Gasteiger partial charge in [-0.25, -0.2) is 0 Å². The lowest BCUT2D eigenvalue weighted by molar-refractivity contribution is -0.143. The Kier molecular flexibility index (Phi) is 4.24. The summed E-state index contributed by atoms with van der Waals surface area (Å²) in [6, 6.07) is 1.54. The maximum absolute atomic E-state index is 12.8. The van der Waals surface area contributed by atoms with Crippen molar-refractivity contribution in [1.29, 1.82) is 0 Å². The number of benzene rings is 1. The number of hydrogen-bond acceptors (Lipinski definition) is 1. The second-order valence-electron chi connectivity index (χ2n) is 5.30. The number of rotatable bonds is 1. The van der Waals surface area contributed by atoms with E-state index >= 15 is 0 Å². The Hall–Kier alpha value is -1.24. The van der Waals surface area contributed by atoms with E-state index in [1.807, 2.05) is 0 Å². The maximum atomic E-state index is 12.8. The summed E-state index contributed by atoms with van der Waals surface area (Å²) in [6.45, 7) is 0. The Morgan fingerprint density at radius 1 is 0.810 bits per heavy atom. The van der Waals surface area contributed by atoms with E-state index < -0.39 is 35.5 Å². The minimum atomic E-state index is -4.85. The molecule has 2 atom stereocenters. The van der Waals surface area contributed by atoms with Crippen LogP contribution < -0.4 is 0 Å². The van der Waals surface area contributed by atoms with E-state index in [0.717, 1.165) is 6.42 Å². The largest absolute Gasteiger partial charge is 0.416 e.